The number of nitrogens with zero attached hydrogens (tertiary/aromatic N) is 3. The number of rotatable bonds is 4. The highest BCUT2D eigenvalue weighted by molar-refractivity contribution is 5.89. The van der Waals surface area contributed by atoms with Crippen LogP contribution in [0.4, 0.5) is 0 Å². The fourth-order valence-corrected chi connectivity index (χ4v) is 2.43. The second kappa shape index (κ2) is 6.44. The summed E-state index contributed by atoms with van der Waals surface area (Å²) in [5, 5.41) is 4.09. The number of benzene rings is 1. The SMILES string of the molecule is Cc1cc(C)cc(COC(=O)c2ccc(-n3cccn3)nc2)c1. The summed E-state index contributed by atoms with van der Waals surface area (Å²) in [5.41, 5.74) is 3.71. The number of aromatic nitrogens is 3. The van der Waals surface area contributed by atoms with Gasteiger partial charge in [-0.3, -0.25) is 0 Å². The summed E-state index contributed by atoms with van der Waals surface area (Å²) < 4.78 is 6.98. The summed E-state index contributed by atoms with van der Waals surface area (Å²) in [5.74, 6) is 0.268. The van der Waals surface area contributed by atoms with Crippen molar-refractivity contribution in [1.29, 1.82) is 0 Å². The molecule has 0 unspecified atom stereocenters. The Morgan fingerprint density at radius 1 is 1.17 bits per heavy atom. The zero-order valence-electron chi connectivity index (χ0n) is 13.1. The fraction of sp³-hybridized carbons (Fsp3) is 0.167. The van der Waals surface area contributed by atoms with E-state index in [2.05, 4.69) is 16.1 Å². The van der Waals surface area contributed by atoms with E-state index in [1.165, 1.54) is 6.20 Å². The number of carbonyl (C=O) groups excluding carboxylic acids is 1. The number of ether oxygens (including phenoxy) is 1. The van der Waals surface area contributed by atoms with E-state index in [4.69, 9.17) is 4.74 Å². The molecule has 5 nitrogen and oxygen atoms in total. The van der Waals surface area contributed by atoms with Gasteiger partial charge >= 0.3 is 5.97 Å². The fourth-order valence-electron chi connectivity index (χ4n) is 2.43. The minimum Gasteiger partial charge on any atom is -0.457 e. The van der Waals surface area contributed by atoms with E-state index >= 15 is 0 Å². The molecule has 23 heavy (non-hydrogen) atoms. The van der Waals surface area contributed by atoms with Crippen molar-refractivity contribution in [3.8, 4) is 5.82 Å². The first-order chi connectivity index (χ1) is 11.1. The van der Waals surface area contributed by atoms with E-state index in [1.807, 2.05) is 32.0 Å². The normalized spacial score (nSPS) is 10.5. The number of esters is 1. The molecule has 0 aliphatic carbocycles. The summed E-state index contributed by atoms with van der Waals surface area (Å²) in [6.07, 6.45) is 4.97. The standard InChI is InChI=1S/C18H17N3O2/c1-13-8-14(2)10-15(9-13)12-23-18(22)16-4-5-17(19-11-16)21-7-3-6-20-21/h3-11H,12H2,1-2H3. The summed E-state index contributed by atoms with van der Waals surface area (Å²) in [7, 11) is 0. The van der Waals surface area contributed by atoms with Crippen molar-refractivity contribution in [2.45, 2.75) is 20.5 Å². The van der Waals surface area contributed by atoms with E-state index in [0.717, 1.165) is 16.7 Å². The Bertz CT molecular complexity index is 789. The maximum absolute atomic E-state index is 12.1. The zero-order chi connectivity index (χ0) is 16.2. The molecule has 0 atom stereocenters. The lowest BCUT2D eigenvalue weighted by molar-refractivity contribution is 0.0472. The number of aryl methyl sites for hydroxylation is 2. The van der Waals surface area contributed by atoms with E-state index in [0.29, 0.717) is 11.4 Å². The molecule has 0 bridgehead atoms. The predicted octanol–water partition coefficient (Wildman–Crippen LogP) is 3.24. The lowest BCUT2D eigenvalue weighted by atomic mass is 10.1. The van der Waals surface area contributed by atoms with E-state index in [-0.39, 0.29) is 12.6 Å². The third-order valence-electron chi connectivity index (χ3n) is 3.37. The van der Waals surface area contributed by atoms with Crippen molar-refractivity contribution < 1.29 is 9.53 Å². The maximum atomic E-state index is 12.1. The smallest absolute Gasteiger partial charge is 0.340 e. The number of carbonyl (C=O) groups is 1. The van der Waals surface area contributed by atoms with Crippen LogP contribution in [0.15, 0.2) is 55.0 Å². The maximum Gasteiger partial charge on any atom is 0.340 e. The molecule has 0 saturated carbocycles. The summed E-state index contributed by atoms with van der Waals surface area (Å²) in [6.45, 7) is 4.30. The summed E-state index contributed by atoms with van der Waals surface area (Å²) in [6, 6.07) is 11.4. The van der Waals surface area contributed by atoms with Gasteiger partial charge < -0.3 is 4.74 Å². The molecule has 0 spiro atoms. The van der Waals surface area contributed by atoms with Crippen LogP contribution in [0, 0.1) is 13.8 Å². The van der Waals surface area contributed by atoms with Gasteiger partial charge in [0.15, 0.2) is 5.82 Å². The molecule has 2 heterocycles. The van der Waals surface area contributed by atoms with Crippen LogP contribution in [0.1, 0.15) is 27.0 Å². The molecule has 0 aliphatic heterocycles. The first-order valence-corrected chi connectivity index (χ1v) is 7.32. The topological polar surface area (TPSA) is 57.0 Å². The molecule has 0 fully saturated rings. The van der Waals surface area contributed by atoms with Gasteiger partial charge in [-0.1, -0.05) is 29.3 Å². The molecule has 3 aromatic rings. The molecule has 0 saturated heterocycles. The van der Waals surface area contributed by atoms with Gasteiger partial charge in [-0.25, -0.2) is 14.5 Å². The highest BCUT2D eigenvalue weighted by atomic mass is 16.5. The first kappa shape index (κ1) is 15.0. The predicted molar refractivity (Wildman–Crippen MR) is 86.4 cm³/mol. The van der Waals surface area contributed by atoms with Gasteiger partial charge in [0.2, 0.25) is 0 Å². The minimum atomic E-state index is -0.385. The Morgan fingerprint density at radius 3 is 2.57 bits per heavy atom. The van der Waals surface area contributed by atoms with Gasteiger partial charge in [0.25, 0.3) is 0 Å². The van der Waals surface area contributed by atoms with Crippen LogP contribution in [0.3, 0.4) is 0 Å². The lowest BCUT2D eigenvalue weighted by Crippen LogP contribution is -2.07. The Balaban J connectivity index is 1.66. The van der Waals surface area contributed by atoms with Gasteiger partial charge in [0, 0.05) is 18.6 Å². The van der Waals surface area contributed by atoms with Gasteiger partial charge in [0.05, 0.1) is 5.56 Å². The monoisotopic (exact) mass is 307 g/mol. The minimum absolute atomic E-state index is 0.252. The van der Waals surface area contributed by atoms with Crippen LogP contribution in [-0.2, 0) is 11.3 Å². The molecule has 0 aliphatic rings. The molecule has 5 heteroatoms. The van der Waals surface area contributed by atoms with Crippen LogP contribution < -0.4 is 0 Å². The van der Waals surface area contributed by atoms with E-state index < -0.39 is 0 Å². The van der Waals surface area contributed by atoms with Crippen molar-refractivity contribution in [2.75, 3.05) is 0 Å². The van der Waals surface area contributed by atoms with Crippen molar-refractivity contribution in [3.05, 3.63) is 77.2 Å². The second-order valence-corrected chi connectivity index (χ2v) is 5.43. The average Bonchev–Trinajstić information content (AvgIpc) is 3.06. The zero-order valence-corrected chi connectivity index (χ0v) is 13.1. The van der Waals surface area contributed by atoms with Gasteiger partial charge in [-0.15, -0.1) is 0 Å². The molecule has 116 valence electrons. The molecular formula is C18H17N3O2. The van der Waals surface area contributed by atoms with Gasteiger partial charge in [-0.05, 0) is 37.6 Å². The quantitative estimate of drug-likeness (QED) is 0.694. The summed E-state index contributed by atoms with van der Waals surface area (Å²) in [4.78, 5) is 16.3. The van der Waals surface area contributed by atoms with Crippen molar-refractivity contribution in [2.24, 2.45) is 0 Å². The van der Waals surface area contributed by atoms with E-state index in [9.17, 15) is 4.79 Å². The number of pyridine rings is 1. The Kier molecular flexibility index (Phi) is 4.19. The van der Waals surface area contributed by atoms with Gasteiger partial charge in [0.1, 0.15) is 6.61 Å². The molecule has 0 N–H and O–H groups in total. The Hall–Kier alpha value is -2.95. The molecule has 0 amide bonds. The third kappa shape index (κ3) is 3.63. The van der Waals surface area contributed by atoms with Crippen LogP contribution in [0.2, 0.25) is 0 Å². The first-order valence-electron chi connectivity index (χ1n) is 7.32. The highest BCUT2D eigenvalue weighted by Gasteiger charge is 2.09. The number of hydrogen-bond acceptors (Lipinski definition) is 4. The number of hydrogen-bond donors (Lipinski definition) is 0. The van der Waals surface area contributed by atoms with Crippen molar-refractivity contribution >= 4 is 5.97 Å². The molecule has 1 aromatic carbocycles. The van der Waals surface area contributed by atoms with Crippen LogP contribution in [0.25, 0.3) is 5.82 Å². The van der Waals surface area contributed by atoms with Crippen LogP contribution in [0.5, 0.6) is 0 Å². The molecular weight excluding hydrogens is 290 g/mol. The highest BCUT2D eigenvalue weighted by Crippen LogP contribution is 2.12. The summed E-state index contributed by atoms with van der Waals surface area (Å²) >= 11 is 0. The van der Waals surface area contributed by atoms with Crippen molar-refractivity contribution in [3.63, 3.8) is 0 Å². The lowest BCUT2D eigenvalue weighted by Gasteiger charge is -2.07. The molecule has 2 aromatic heterocycles. The molecule has 0 radical (unpaired) electrons. The van der Waals surface area contributed by atoms with Crippen LogP contribution in [-0.4, -0.2) is 20.7 Å². The Morgan fingerprint density at radius 2 is 1.96 bits per heavy atom. The van der Waals surface area contributed by atoms with Gasteiger partial charge in [-0.2, -0.15) is 5.10 Å². The third-order valence-corrected chi connectivity index (χ3v) is 3.37. The average molecular weight is 307 g/mol. The van der Waals surface area contributed by atoms with E-state index in [1.54, 1.807) is 29.2 Å². The molecule has 3 rings (SSSR count). The largest absolute Gasteiger partial charge is 0.457 e. The van der Waals surface area contributed by atoms with Crippen LogP contribution >= 0.6 is 0 Å². The second-order valence-electron chi connectivity index (χ2n) is 5.43. The van der Waals surface area contributed by atoms with Crippen molar-refractivity contribution in [1.82, 2.24) is 14.8 Å². The Labute approximate surface area is 134 Å².